The summed E-state index contributed by atoms with van der Waals surface area (Å²) in [7, 11) is 0. The van der Waals surface area contributed by atoms with Gasteiger partial charge in [-0.15, -0.1) is 0 Å². The zero-order chi connectivity index (χ0) is 14.4. The van der Waals surface area contributed by atoms with Crippen LogP contribution in [0.1, 0.15) is 26.3 Å². The maximum atomic E-state index is 10.5. The summed E-state index contributed by atoms with van der Waals surface area (Å²) in [5, 5.41) is 8.65. The van der Waals surface area contributed by atoms with Gasteiger partial charge in [0.15, 0.2) is 11.5 Å². The minimum atomic E-state index is -0.976. The van der Waals surface area contributed by atoms with Gasteiger partial charge >= 0.3 is 5.97 Å². The van der Waals surface area contributed by atoms with Crippen LogP contribution in [0.5, 0.6) is 11.5 Å². The Balaban J connectivity index is 3.16. The fourth-order valence-electron chi connectivity index (χ4n) is 1.46. The van der Waals surface area contributed by atoms with Crippen molar-refractivity contribution in [3.8, 4) is 11.5 Å². The molecule has 0 aliphatic heterocycles. The molecule has 0 aliphatic carbocycles. The van der Waals surface area contributed by atoms with Crippen LogP contribution in [0.3, 0.4) is 0 Å². The van der Waals surface area contributed by atoms with Gasteiger partial charge in [-0.1, -0.05) is 0 Å². The Hall–Kier alpha value is -1.24. The first kappa shape index (κ1) is 15.8. The summed E-state index contributed by atoms with van der Waals surface area (Å²) in [6, 6.07) is 3.64. The third kappa shape index (κ3) is 5.10. The van der Waals surface area contributed by atoms with Crippen molar-refractivity contribution >= 4 is 34.6 Å². The predicted octanol–water partition coefficient (Wildman–Crippen LogP) is 3.57. The Morgan fingerprint density at radius 2 is 2.16 bits per heavy atom. The fourth-order valence-corrected chi connectivity index (χ4v) is 2.22. The van der Waals surface area contributed by atoms with Crippen molar-refractivity contribution in [2.75, 3.05) is 6.61 Å². The number of carboxylic acids is 1. The molecule has 0 atom stereocenters. The van der Waals surface area contributed by atoms with E-state index in [9.17, 15) is 4.79 Å². The molecule has 0 saturated carbocycles. The van der Waals surface area contributed by atoms with Gasteiger partial charge in [-0.2, -0.15) is 0 Å². The average molecular weight is 376 g/mol. The molecule has 0 unspecified atom stereocenters. The van der Waals surface area contributed by atoms with Crippen molar-refractivity contribution in [1.82, 2.24) is 0 Å². The summed E-state index contributed by atoms with van der Waals surface area (Å²) in [5.74, 6) is 0.355. The van der Waals surface area contributed by atoms with E-state index in [1.54, 1.807) is 6.07 Å². The van der Waals surface area contributed by atoms with Crippen LogP contribution in [-0.2, 0) is 4.79 Å². The molecule has 5 heteroatoms. The van der Waals surface area contributed by atoms with E-state index in [1.165, 1.54) is 6.08 Å². The smallest absolute Gasteiger partial charge is 0.328 e. The second kappa shape index (κ2) is 7.37. The van der Waals surface area contributed by atoms with Crippen LogP contribution in [0, 0.1) is 3.57 Å². The van der Waals surface area contributed by atoms with Crippen LogP contribution in [0.15, 0.2) is 18.2 Å². The van der Waals surface area contributed by atoms with Crippen LogP contribution in [0.25, 0.3) is 6.08 Å². The van der Waals surface area contributed by atoms with Crippen molar-refractivity contribution in [3.63, 3.8) is 0 Å². The normalized spacial score (nSPS) is 11.0. The summed E-state index contributed by atoms with van der Waals surface area (Å²) >= 11 is 2.16. The van der Waals surface area contributed by atoms with Crippen LogP contribution in [0.4, 0.5) is 0 Å². The predicted molar refractivity (Wildman–Crippen MR) is 82.8 cm³/mol. The number of hydrogen-bond acceptors (Lipinski definition) is 3. The average Bonchev–Trinajstić information content (AvgIpc) is 2.31. The van der Waals surface area contributed by atoms with Gasteiger partial charge in [0.25, 0.3) is 0 Å². The largest absolute Gasteiger partial charge is 0.490 e. The van der Waals surface area contributed by atoms with Gasteiger partial charge in [0, 0.05) is 6.08 Å². The number of halogens is 1. The third-order valence-electron chi connectivity index (χ3n) is 2.10. The monoisotopic (exact) mass is 376 g/mol. The number of carboxylic acid groups (broad SMARTS) is 1. The molecule has 1 aromatic rings. The maximum absolute atomic E-state index is 10.5. The van der Waals surface area contributed by atoms with Crippen molar-refractivity contribution in [2.24, 2.45) is 0 Å². The van der Waals surface area contributed by atoms with E-state index in [2.05, 4.69) is 22.6 Å². The molecule has 1 aromatic carbocycles. The summed E-state index contributed by atoms with van der Waals surface area (Å²) in [4.78, 5) is 10.5. The number of rotatable bonds is 6. The zero-order valence-electron chi connectivity index (χ0n) is 11.1. The van der Waals surface area contributed by atoms with Crippen LogP contribution in [0.2, 0.25) is 0 Å². The van der Waals surface area contributed by atoms with Gasteiger partial charge in [0.1, 0.15) is 0 Å². The molecule has 0 saturated heterocycles. The second-order valence-electron chi connectivity index (χ2n) is 4.10. The molecule has 0 spiro atoms. The molecule has 19 heavy (non-hydrogen) atoms. The van der Waals surface area contributed by atoms with E-state index in [4.69, 9.17) is 14.6 Å². The maximum Gasteiger partial charge on any atom is 0.328 e. The topological polar surface area (TPSA) is 55.8 Å². The summed E-state index contributed by atoms with van der Waals surface area (Å²) in [6.45, 7) is 6.32. The lowest BCUT2D eigenvalue weighted by molar-refractivity contribution is -0.131. The Bertz CT molecular complexity index is 481. The lowest BCUT2D eigenvalue weighted by Crippen LogP contribution is -2.09. The Morgan fingerprint density at radius 1 is 1.47 bits per heavy atom. The van der Waals surface area contributed by atoms with Gasteiger partial charge < -0.3 is 14.6 Å². The van der Waals surface area contributed by atoms with E-state index in [1.807, 2.05) is 26.8 Å². The van der Waals surface area contributed by atoms with Gasteiger partial charge in [0.05, 0.1) is 16.3 Å². The highest BCUT2D eigenvalue weighted by Crippen LogP contribution is 2.35. The summed E-state index contributed by atoms with van der Waals surface area (Å²) in [5.41, 5.74) is 0.770. The number of ether oxygens (including phenoxy) is 2. The number of benzene rings is 1. The van der Waals surface area contributed by atoms with Crippen molar-refractivity contribution < 1.29 is 19.4 Å². The molecule has 104 valence electrons. The quantitative estimate of drug-likeness (QED) is 0.609. The highest BCUT2D eigenvalue weighted by Gasteiger charge is 2.12. The van der Waals surface area contributed by atoms with E-state index >= 15 is 0 Å². The molecule has 1 N–H and O–H groups in total. The summed E-state index contributed by atoms with van der Waals surface area (Å²) in [6.07, 6.45) is 2.68. The second-order valence-corrected chi connectivity index (χ2v) is 5.26. The van der Waals surface area contributed by atoms with E-state index in [0.29, 0.717) is 18.1 Å². The van der Waals surface area contributed by atoms with Crippen molar-refractivity contribution in [2.45, 2.75) is 26.9 Å². The Labute approximate surface area is 126 Å². The van der Waals surface area contributed by atoms with Gasteiger partial charge in [-0.25, -0.2) is 4.79 Å². The van der Waals surface area contributed by atoms with Crippen LogP contribution < -0.4 is 9.47 Å². The Kier molecular flexibility index (Phi) is 6.14. The molecule has 0 aliphatic rings. The van der Waals surface area contributed by atoms with Gasteiger partial charge in [0.2, 0.25) is 0 Å². The van der Waals surface area contributed by atoms with Crippen LogP contribution >= 0.6 is 22.6 Å². The molecular formula is C14H17IO4. The molecule has 0 aromatic heterocycles. The minimum Gasteiger partial charge on any atom is -0.490 e. The SMILES string of the molecule is CCOc1cc(/C=C/C(=O)O)cc(I)c1OC(C)C. The van der Waals surface area contributed by atoms with E-state index in [0.717, 1.165) is 15.2 Å². The van der Waals surface area contributed by atoms with E-state index in [-0.39, 0.29) is 6.10 Å². The molecule has 1 rings (SSSR count). The van der Waals surface area contributed by atoms with Crippen molar-refractivity contribution in [3.05, 3.63) is 27.3 Å². The first-order chi connectivity index (χ1) is 8.93. The lowest BCUT2D eigenvalue weighted by atomic mass is 10.2. The molecule has 0 amide bonds. The molecule has 0 fully saturated rings. The first-order valence-electron chi connectivity index (χ1n) is 5.98. The van der Waals surface area contributed by atoms with Gasteiger partial charge in [-0.05, 0) is 67.1 Å². The Morgan fingerprint density at radius 3 is 2.68 bits per heavy atom. The standard InChI is InChI=1S/C14H17IO4/c1-4-18-12-8-10(5-6-13(16)17)7-11(15)14(12)19-9(2)3/h5-9H,4H2,1-3H3,(H,16,17)/b6-5+. The van der Waals surface area contributed by atoms with Crippen LogP contribution in [-0.4, -0.2) is 23.8 Å². The lowest BCUT2D eigenvalue weighted by Gasteiger charge is -2.16. The first-order valence-corrected chi connectivity index (χ1v) is 7.06. The molecule has 0 radical (unpaired) electrons. The molecule has 0 heterocycles. The highest BCUT2D eigenvalue weighted by atomic mass is 127. The number of hydrogen-bond donors (Lipinski definition) is 1. The summed E-state index contributed by atoms with van der Waals surface area (Å²) < 4.78 is 12.2. The number of carbonyl (C=O) groups is 1. The molecular weight excluding hydrogens is 359 g/mol. The molecule has 4 nitrogen and oxygen atoms in total. The van der Waals surface area contributed by atoms with Crippen molar-refractivity contribution in [1.29, 1.82) is 0 Å². The fraction of sp³-hybridized carbons (Fsp3) is 0.357. The highest BCUT2D eigenvalue weighted by molar-refractivity contribution is 14.1. The minimum absolute atomic E-state index is 0.0492. The third-order valence-corrected chi connectivity index (χ3v) is 2.90. The molecule has 0 bridgehead atoms. The number of aliphatic carboxylic acids is 1. The van der Waals surface area contributed by atoms with E-state index < -0.39 is 5.97 Å². The van der Waals surface area contributed by atoms with Gasteiger partial charge in [-0.3, -0.25) is 0 Å². The zero-order valence-corrected chi connectivity index (χ0v) is 13.3.